The number of methoxy groups -OCH3 is 2. The third-order valence-corrected chi connectivity index (χ3v) is 2.37. The minimum Gasteiger partial charge on any atom is -0.469 e. The Kier molecular flexibility index (Phi) is 5.86. The summed E-state index contributed by atoms with van der Waals surface area (Å²) in [6, 6.07) is 0. The molecule has 1 aromatic rings. The lowest BCUT2D eigenvalue weighted by Crippen LogP contribution is -2.34. The molecular formula is C11H17N3O4. The molecule has 0 amide bonds. The van der Waals surface area contributed by atoms with E-state index in [9.17, 15) is 9.59 Å². The number of ether oxygens (including phenoxy) is 2. The Balaban J connectivity index is 2.75. The van der Waals surface area contributed by atoms with Gasteiger partial charge in [0, 0.05) is 32.6 Å². The Morgan fingerprint density at radius 3 is 2.83 bits per heavy atom. The topological polar surface area (TPSA) is 84.5 Å². The van der Waals surface area contributed by atoms with E-state index in [1.807, 2.05) is 0 Å². The third kappa shape index (κ3) is 4.17. The van der Waals surface area contributed by atoms with Gasteiger partial charge in [0.15, 0.2) is 5.82 Å². The number of carbonyl (C=O) groups is 1. The van der Waals surface area contributed by atoms with Gasteiger partial charge in [0.1, 0.15) is 0 Å². The smallest absolute Gasteiger partial charge is 0.307 e. The molecular weight excluding hydrogens is 238 g/mol. The number of nitrogens with zero attached hydrogens (tertiary/aromatic N) is 2. The summed E-state index contributed by atoms with van der Waals surface area (Å²) < 4.78 is 9.54. The standard InChI is InChI=1S/C11H17N3O4/c1-17-8-7-14(6-3-9(15)18-2)10-11(16)13-5-4-12-10/h4-5H,3,6-8H2,1-2H3,(H,13,16). The fourth-order valence-corrected chi connectivity index (χ4v) is 1.42. The molecule has 18 heavy (non-hydrogen) atoms. The van der Waals surface area contributed by atoms with Crippen molar-refractivity contribution in [2.45, 2.75) is 6.42 Å². The number of nitrogens with one attached hydrogen (secondary N) is 1. The molecule has 7 heteroatoms. The molecule has 0 saturated heterocycles. The van der Waals surface area contributed by atoms with Crippen molar-refractivity contribution in [3.05, 3.63) is 22.7 Å². The van der Waals surface area contributed by atoms with Crippen LogP contribution in [0.25, 0.3) is 0 Å². The first-order chi connectivity index (χ1) is 8.69. The van der Waals surface area contributed by atoms with Gasteiger partial charge < -0.3 is 19.4 Å². The van der Waals surface area contributed by atoms with Gasteiger partial charge in [-0.25, -0.2) is 4.98 Å². The van der Waals surface area contributed by atoms with Crippen LogP contribution in [0, 0.1) is 0 Å². The van der Waals surface area contributed by atoms with E-state index in [0.29, 0.717) is 19.7 Å². The summed E-state index contributed by atoms with van der Waals surface area (Å²) in [7, 11) is 2.90. The molecule has 0 bridgehead atoms. The highest BCUT2D eigenvalue weighted by Gasteiger charge is 2.13. The molecule has 0 saturated carbocycles. The van der Waals surface area contributed by atoms with E-state index in [0.717, 1.165) is 0 Å². The zero-order valence-corrected chi connectivity index (χ0v) is 10.5. The average Bonchev–Trinajstić information content (AvgIpc) is 2.39. The van der Waals surface area contributed by atoms with Gasteiger partial charge in [-0.05, 0) is 0 Å². The average molecular weight is 255 g/mol. The van der Waals surface area contributed by atoms with Gasteiger partial charge in [-0.15, -0.1) is 0 Å². The van der Waals surface area contributed by atoms with Crippen molar-refractivity contribution in [2.75, 3.05) is 38.8 Å². The van der Waals surface area contributed by atoms with Crippen molar-refractivity contribution in [1.82, 2.24) is 9.97 Å². The predicted octanol–water partition coefficient (Wildman–Crippen LogP) is -0.214. The molecule has 100 valence electrons. The molecule has 7 nitrogen and oxygen atoms in total. The van der Waals surface area contributed by atoms with Crippen LogP contribution in [0.4, 0.5) is 5.82 Å². The number of rotatable bonds is 7. The number of H-pyrrole nitrogens is 1. The van der Waals surface area contributed by atoms with E-state index in [2.05, 4.69) is 14.7 Å². The van der Waals surface area contributed by atoms with Crippen LogP contribution in [-0.2, 0) is 14.3 Å². The lowest BCUT2D eigenvalue weighted by molar-refractivity contribution is -0.140. The van der Waals surface area contributed by atoms with Gasteiger partial charge in [-0.1, -0.05) is 0 Å². The Labute approximate surface area is 105 Å². The van der Waals surface area contributed by atoms with E-state index in [1.54, 1.807) is 12.0 Å². The van der Waals surface area contributed by atoms with E-state index >= 15 is 0 Å². The zero-order valence-electron chi connectivity index (χ0n) is 10.5. The molecule has 1 aromatic heterocycles. The predicted molar refractivity (Wildman–Crippen MR) is 65.6 cm³/mol. The Bertz CT molecular complexity index is 432. The van der Waals surface area contributed by atoms with Crippen LogP contribution in [0.1, 0.15) is 6.42 Å². The second kappa shape index (κ2) is 7.44. The summed E-state index contributed by atoms with van der Waals surface area (Å²) in [5.74, 6) is -0.0526. The number of aromatic amines is 1. The number of anilines is 1. The summed E-state index contributed by atoms with van der Waals surface area (Å²) >= 11 is 0. The van der Waals surface area contributed by atoms with Gasteiger partial charge in [-0.2, -0.15) is 0 Å². The van der Waals surface area contributed by atoms with E-state index < -0.39 is 0 Å². The van der Waals surface area contributed by atoms with Crippen LogP contribution in [0.15, 0.2) is 17.2 Å². The summed E-state index contributed by atoms with van der Waals surface area (Å²) in [6.45, 7) is 1.28. The lowest BCUT2D eigenvalue weighted by Gasteiger charge is -2.21. The Morgan fingerprint density at radius 1 is 1.44 bits per heavy atom. The summed E-state index contributed by atoms with van der Waals surface area (Å²) in [5, 5.41) is 0. The van der Waals surface area contributed by atoms with Crippen molar-refractivity contribution in [1.29, 1.82) is 0 Å². The molecule has 0 aliphatic rings. The highest BCUT2D eigenvalue weighted by atomic mass is 16.5. The number of esters is 1. The molecule has 0 aromatic carbocycles. The summed E-state index contributed by atoms with van der Waals surface area (Å²) in [6.07, 6.45) is 3.14. The Hall–Kier alpha value is -1.89. The van der Waals surface area contributed by atoms with E-state index in [1.165, 1.54) is 19.5 Å². The monoisotopic (exact) mass is 255 g/mol. The van der Waals surface area contributed by atoms with Crippen molar-refractivity contribution in [3.63, 3.8) is 0 Å². The molecule has 1 N–H and O–H groups in total. The highest BCUT2D eigenvalue weighted by molar-refractivity contribution is 5.69. The fraction of sp³-hybridized carbons (Fsp3) is 0.545. The van der Waals surface area contributed by atoms with Crippen LogP contribution >= 0.6 is 0 Å². The van der Waals surface area contributed by atoms with Crippen molar-refractivity contribution >= 4 is 11.8 Å². The molecule has 0 aliphatic heterocycles. The first kappa shape index (κ1) is 14.2. The minimum absolute atomic E-state index is 0.191. The number of hydrogen-bond acceptors (Lipinski definition) is 6. The van der Waals surface area contributed by atoms with Crippen LogP contribution in [0.2, 0.25) is 0 Å². The molecule has 0 radical (unpaired) electrons. The van der Waals surface area contributed by atoms with Gasteiger partial charge >= 0.3 is 5.97 Å². The lowest BCUT2D eigenvalue weighted by atomic mass is 10.3. The van der Waals surface area contributed by atoms with Gasteiger partial charge in [0.2, 0.25) is 0 Å². The fourth-order valence-electron chi connectivity index (χ4n) is 1.42. The Morgan fingerprint density at radius 2 is 2.22 bits per heavy atom. The molecule has 0 spiro atoms. The largest absolute Gasteiger partial charge is 0.469 e. The maximum atomic E-state index is 11.6. The zero-order chi connectivity index (χ0) is 13.4. The minimum atomic E-state index is -0.329. The summed E-state index contributed by atoms with van der Waals surface area (Å²) in [4.78, 5) is 31.0. The normalized spacial score (nSPS) is 10.1. The molecule has 0 fully saturated rings. The summed E-state index contributed by atoms with van der Waals surface area (Å²) in [5.41, 5.74) is -0.293. The first-order valence-corrected chi connectivity index (χ1v) is 5.53. The SMILES string of the molecule is COCCN(CCC(=O)OC)c1ncc[nH]c1=O. The maximum absolute atomic E-state index is 11.6. The molecule has 1 heterocycles. The second-order valence-electron chi connectivity index (χ2n) is 3.55. The van der Waals surface area contributed by atoms with Gasteiger partial charge in [-0.3, -0.25) is 9.59 Å². The second-order valence-corrected chi connectivity index (χ2v) is 3.55. The quantitative estimate of drug-likeness (QED) is 0.678. The molecule has 1 rings (SSSR count). The molecule has 0 atom stereocenters. The van der Waals surface area contributed by atoms with Crippen LogP contribution in [0.3, 0.4) is 0 Å². The van der Waals surface area contributed by atoms with Crippen molar-refractivity contribution in [2.24, 2.45) is 0 Å². The molecule has 0 aliphatic carbocycles. The number of carbonyl (C=O) groups excluding carboxylic acids is 1. The van der Waals surface area contributed by atoms with E-state index in [-0.39, 0.29) is 23.8 Å². The first-order valence-electron chi connectivity index (χ1n) is 5.53. The van der Waals surface area contributed by atoms with Gasteiger partial charge in [0.05, 0.1) is 20.1 Å². The van der Waals surface area contributed by atoms with Crippen LogP contribution < -0.4 is 10.5 Å². The third-order valence-electron chi connectivity index (χ3n) is 2.37. The van der Waals surface area contributed by atoms with Crippen molar-refractivity contribution < 1.29 is 14.3 Å². The van der Waals surface area contributed by atoms with E-state index in [4.69, 9.17) is 4.74 Å². The van der Waals surface area contributed by atoms with Crippen LogP contribution in [0.5, 0.6) is 0 Å². The maximum Gasteiger partial charge on any atom is 0.307 e. The molecule has 0 unspecified atom stereocenters. The van der Waals surface area contributed by atoms with Gasteiger partial charge in [0.25, 0.3) is 5.56 Å². The number of hydrogen-bond donors (Lipinski definition) is 1. The number of aromatic nitrogens is 2. The highest BCUT2D eigenvalue weighted by Crippen LogP contribution is 2.03. The van der Waals surface area contributed by atoms with Crippen LogP contribution in [-0.4, -0.2) is 49.9 Å². The van der Waals surface area contributed by atoms with Crippen molar-refractivity contribution in [3.8, 4) is 0 Å².